The summed E-state index contributed by atoms with van der Waals surface area (Å²) >= 11 is 0.867. The molecule has 2 heterocycles. The molecule has 0 N–H and O–H groups in total. The lowest BCUT2D eigenvalue weighted by Gasteiger charge is -2.04. The highest BCUT2D eigenvalue weighted by Crippen LogP contribution is 2.29. The molecule has 4 rings (SSSR count). The van der Waals surface area contributed by atoms with Gasteiger partial charge in [-0.05, 0) is 25.1 Å². The summed E-state index contributed by atoms with van der Waals surface area (Å²) in [6, 6.07) is 8.56. The molecule has 160 valence electrons. The van der Waals surface area contributed by atoms with Gasteiger partial charge in [0.25, 0.3) is 0 Å². The van der Waals surface area contributed by atoms with E-state index in [4.69, 9.17) is 9.15 Å². The molecule has 0 aliphatic carbocycles. The summed E-state index contributed by atoms with van der Waals surface area (Å²) in [5.41, 5.74) is 0.349. The van der Waals surface area contributed by atoms with Crippen LogP contribution in [-0.4, -0.2) is 30.2 Å². The molecule has 2 aromatic heterocycles. The number of para-hydroxylation sites is 1. The lowest BCUT2D eigenvalue weighted by atomic mass is 10.2. The van der Waals surface area contributed by atoms with E-state index in [1.54, 1.807) is 18.2 Å². The molecule has 0 saturated carbocycles. The predicted molar refractivity (Wildman–Crippen MR) is 109 cm³/mol. The normalized spacial score (nSPS) is 11.9. The summed E-state index contributed by atoms with van der Waals surface area (Å²) in [6.07, 6.45) is 0. The standard InChI is InChI=1S/C21H16F2N2O5S/c1-3-29-14-6-4-5-11-7-15(30-19(11)14)20(27)24-21-25(10-17(26)28-2)18-13(23)8-12(22)9-16(18)31-21/h4-9H,3,10H2,1-2H3. The van der Waals surface area contributed by atoms with E-state index in [9.17, 15) is 18.4 Å². The third-order valence-corrected chi connectivity index (χ3v) is 5.45. The molecule has 0 aliphatic heterocycles. The van der Waals surface area contributed by atoms with Gasteiger partial charge < -0.3 is 18.5 Å². The Hall–Kier alpha value is -3.53. The zero-order valence-electron chi connectivity index (χ0n) is 16.5. The van der Waals surface area contributed by atoms with E-state index < -0.39 is 30.1 Å². The van der Waals surface area contributed by atoms with Crippen LogP contribution in [0.4, 0.5) is 8.78 Å². The highest BCUT2D eigenvalue weighted by molar-refractivity contribution is 7.16. The van der Waals surface area contributed by atoms with Gasteiger partial charge in [-0.2, -0.15) is 4.99 Å². The van der Waals surface area contributed by atoms with Crippen molar-refractivity contribution >= 4 is 44.4 Å². The summed E-state index contributed by atoms with van der Waals surface area (Å²) in [4.78, 5) is 28.6. The van der Waals surface area contributed by atoms with E-state index >= 15 is 0 Å². The fourth-order valence-electron chi connectivity index (χ4n) is 3.11. The molecule has 0 radical (unpaired) electrons. The zero-order valence-corrected chi connectivity index (χ0v) is 17.3. The van der Waals surface area contributed by atoms with Gasteiger partial charge in [-0.15, -0.1) is 0 Å². The molecule has 4 aromatic rings. The zero-order chi connectivity index (χ0) is 22.1. The van der Waals surface area contributed by atoms with Crippen LogP contribution in [0.5, 0.6) is 5.75 Å². The van der Waals surface area contributed by atoms with E-state index in [1.807, 2.05) is 6.92 Å². The molecule has 31 heavy (non-hydrogen) atoms. The summed E-state index contributed by atoms with van der Waals surface area (Å²) in [6.45, 7) is 1.84. The Labute approximate surface area is 178 Å². The van der Waals surface area contributed by atoms with Crippen molar-refractivity contribution in [1.29, 1.82) is 0 Å². The van der Waals surface area contributed by atoms with Crippen molar-refractivity contribution < 1.29 is 32.3 Å². The first kappa shape index (κ1) is 20.7. The van der Waals surface area contributed by atoms with Crippen molar-refractivity contribution in [3.05, 3.63) is 58.6 Å². The molecule has 7 nitrogen and oxygen atoms in total. The highest BCUT2D eigenvalue weighted by atomic mass is 32.1. The number of halogens is 2. The lowest BCUT2D eigenvalue weighted by Crippen LogP contribution is -2.22. The van der Waals surface area contributed by atoms with Crippen molar-refractivity contribution in [3.63, 3.8) is 0 Å². The Morgan fingerprint density at radius 1 is 1.23 bits per heavy atom. The van der Waals surface area contributed by atoms with Gasteiger partial charge in [0.15, 0.2) is 27.7 Å². The van der Waals surface area contributed by atoms with Gasteiger partial charge in [0, 0.05) is 11.5 Å². The molecule has 0 unspecified atom stereocenters. The number of rotatable bonds is 5. The third-order valence-electron chi connectivity index (χ3n) is 4.43. The maximum atomic E-state index is 14.4. The first-order chi connectivity index (χ1) is 14.9. The number of esters is 1. The Morgan fingerprint density at radius 3 is 2.77 bits per heavy atom. The minimum absolute atomic E-state index is 0.000359. The molecular formula is C21H16F2N2O5S. The Bertz CT molecular complexity index is 1390. The number of thiazole rings is 1. The minimum atomic E-state index is -0.880. The smallest absolute Gasteiger partial charge is 0.325 e. The van der Waals surface area contributed by atoms with Crippen LogP contribution in [0, 0.1) is 11.6 Å². The SMILES string of the molecule is CCOc1cccc2cc(C(=O)N=c3sc4cc(F)cc(F)c4n3CC(=O)OC)oc12. The maximum Gasteiger partial charge on any atom is 0.325 e. The van der Waals surface area contributed by atoms with Gasteiger partial charge in [0.1, 0.15) is 12.4 Å². The predicted octanol–water partition coefficient (Wildman–Crippen LogP) is 4.04. The summed E-state index contributed by atoms with van der Waals surface area (Å²) < 4.78 is 45.2. The Morgan fingerprint density at radius 2 is 2.03 bits per heavy atom. The van der Waals surface area contributed by atoms with Crippen LogP contribution in [0.3, 0.4) is 0 Å². The monoisotopic (exact) mass is 446 g/mol. The van der Waals surface area contributed by atoms with Crippen LogP contribution < -0.4 is 9.54 Å². The van der Waals surface area contributed by atoms with Gasteiger partial charge in [-0.25, -0.2) is 8.78 Å². The van der Waals surface area contributed by atoms with E-state index in [1.165, 1.54) is 17.7 Å². The highest BCUT2D eigenvalue weighted by Gasteiger charge is 2.19. The molecule has 0 atom stereocenters. The number of amides is 1. The number of hydrogen-bond acceptors (Lipinski definition) is 6. The van der Waals surface area contributed by atoms with Crippen molar-refractivity contribution in [2.45, 2.75) is 13.5 Å². The second-order valence-corrected chi connectivity index (χ2v) is 7.43. The van der Waals surface area contributed by atoms with E-state index in [2.05, 4.69) is 9.73 Å². The lowest BCUT2D eigenvalue weighted by molar-refractivity contribution is -0.141. The van der Waals surface area contributed by atoms with Crippen molar-refractivity contribution in [2.24, 2.45) is 4.99 Å². The Balaban J connectivity index is 1.85. The van der Waals surface area contributed by atoms with Crippen LogP contribution in [0.25, 0.3) is 21.2 Å². The van der Waals surface area contributed by atoms with Crippen molar-refractivity contribution in [1.82, 2.24) is 4.57 Å². The molecule has 1 amide bonds. The van der Waals surface area contributed by atoms with Crippen LogP contribution in [0.1, 0.15) is 17.5 Å². The van der Waals surface area contributed by atoms with Crippen LogP contribution in [0.15, 0.2) is 45.8 Å². The molecule has 0 fully saturated rings. The van der Waals surface area contributed by atoms with Gasteiger partial charge in [0.2, 0.25) is 0 Å². The van der Waals surface area contributed by atoms with E-state index in [-0.39, 0.29) is 20.8 Å². The average molecular weight is 446 g/mol. The second kappa shape index (κ2) is 8.31. The van der Waals surface area contributed by atoms with Crippen LogP contribution in [-0.2, 0) is 16.1 Å². The molecule has 0 aliphatic rings. The quantitative estimate of drug-likeness (QED) is 0.432. The fourth-order valence-corrected chi connectivity index (χ4v) is 4.17. The number of benzene rings is 2. The summed E-state index contributed by atoms with van der Waals surface area (Å²) in [5.74, 6) is -2.66. The molecule has 2 aromatic carbocycles. The first-order valence-electron chi connectivity index (χ1n) is 9.21. The molecule has 0 saturated heterocycles. The van der Waals surface area contributed by atoms with E-state index in [0.717, 1.165) is 17.4 Å². The maximum absolute atomic E-state index is 14.4. The van der Waals surface area contributed by atoms with Gasteiger partial charge >= 0.3 is 11.9 Å². The molecule has 0 spiro atoms. The number of nitrogens with zero attached hydrogens (tertiary/aromatic N) is 2. The number of hydrogen-bond donors (Lipinski definition) is 0. The Kier molecular flexibility index (Phi) is 5.55. The van der Waals surface area contributed by atoms with Crippen LogP contribution >= 0.6 is 11.3 Å². The number of carbonyl (C=O) groups is 2. The number of furan rings is 1. The number of carbonyl (C=O) groups excluding carboxylic acids is 2. The number of ether oxygens (including phenoxy) is 2. The van der Waals surface area contributed by atoms with E-state index in [0.29, 0.717) is 29.4 Å². The van der Waals surface area contributed by atoms with Gasteiger partial charge in [0.05, 0.1) is 23.9 Å². The number of fused-ring (bicyclic) bond motifs is 2. The van der Waals surface area contributed by atoms with Crippen molar-refractivity contribution in [2.75, 3.05) is 13.7 Å². The van der Waals surface area contributed by atoms with Crippen molar-refractivity contribution in [3.8, 4) is 5.75 Å². The molecular weight excluding hydrogens is 430 g/mol. The van der Waals surface area contributed by atoms with Gasteiger partial charge in [-0.3, -0.25) is 9.59 Å². The number of methoxy groups -OCH3 is 1. The second-order valence-electron chi connectivity index (χ2n) is 6.42. The summed E-state index contributed by atoms with van der Waals surface area (Å²) in [7, 11) is 1.18. The molecule has 10 heteroatoms. The fraction of sp³-hybridized carbons (Fsp3) is 0.190. The average Bonchev–Trinajstić information content (AvgIpc) is 3.30. The van der Waals surface area contributed by atoms with Gasteiger partial charge in [-0.1, -0.05) is 23.5 Å². The largest absolute Gasteiger partial charge is 0.490 e. The number of aromatic nitrogens is 1. The first-order valence-corrected chi connectivity index (χ1v) is 10.0. The van der Waals surface area contributed by atoms with Crippen LogP contribution in [0.2, 0.25) is 0 Å². The topological polar surface area (TPSA) is 83.0 Å². The summed E-state index contributed by atoms with van der Waals surface area (Å²) in [5, 5.41) is 0.649. The third kappa shape index (κ3) is 3.93. The molecule has 0 bridgehead atoms. The minimum Gasteiger partial charge on any atom is -0.490 e.